The monoisotopic (exact) mass is 415 g/mol. The van der Waals surface area contributed by atoms with Gasteiger partial charge in [0.05, 0.1) is 5.75 Å². The van der Waals surface area contributed by atoms with Gasteiger partial charge in [-0.2, -0.15) is 4.31 Å². The van der Waals surface area contributed by atoms with Crippen molar-refractivity contribution < 1.29 is 18.0 Å². The van der Waals surface area contributed by atoms with E-state index in [0.717, 1.165) is 13.1 Å². The van der Waals surface area contributed by atoms with Crippen LogP contribution in [0.1, 0.15) is 33.2 Å². The first-order valence-corrected chi connectivity index (χ1v) is 11.0. The van der Waals surface area contributed by atoms with Gasteiger partial charge in [-0.15, -0.1) is 0 Å². The first-order valence-electron chi connectivity index (χ1n) is 9.42. The fraction of sp³-hybridized carbons (Fsp3) is 0.333. The molecule has 1 amide bonds. The van der Waals surface area contributed by atoms with Crippen LogP contribution in [0.2, 0.25) is 0 Å². The van der Waals surface area contributed by atoms with Crippen molar-refractivity contribution in [2.75, 3.05) is 38.5 Å². The predicted molar refractivity (Wildman–Crippen MR) is 113 cm³/mol. The van der Waals surface area contributed by atoms with Crippen molar-refractivity contribution in [3.8, 4) is 0 Å². The first kappa shape index (κ1) is 21.2. The number of sulfonamides is 1. The first-order chi connectivity index (χ1) is 13.7. The number of hydrogen-bond donors (Lipinski definition) is 1. The van der Waals surface area contributed by atoms with Gasteiger partial charge in [0, 0.05) is 43.0 Å². The molecule has 0 spiro atoms. The number of anilines is 1. The summed E-state index contributed by atoms with van der Waals surface area (Å²) < 4.78 is 26.7. The third kappa shape index (κ3) is 5.50. The topological polar surface area (TPSA) is 86.8 Å². The highest BCUT2D eigenvalue weighted by Crippen LogP contribution is 2.16. The number of nitrogens with one attached hydrogen (secondary N) is 1. The molecule has 0 saturated carbocycles. The molecule has 8 heteroatoms. The van der Waals surface area contributed by atoms with Gasteiger partial charge in [-0.3, -0.25) is 9.59 Å². The Kier molecular flexibility index (Phi) is 6.46. The van der Waals surface area contributed by atoms with Crippen LogP contribution in [0.4, 0.5) is 5.69 Å². The Morgan fingerprint density at radius 3 is 2.24 bits per heavy atom. The summed E-state index contributed by atoms with van der Waals surface area (Å²) in [6.07, 6.45) is 0. The average Bonchev–Trinajstić information content (AvgIpc) is 2.68. The Hall–Kier alpha value is -2.55. The number of ketones is 1. The minimum atomic E-state index is -3.38. The molecule has 1 saturated heterocycles. The Balaban J connectivity index is 1.64. The number of piperazine rings is 1. The van der Waals surface area contributed by atoms with Crippen LogP contribution in [0.25, 0.3) is 0 Å². The molecule has 0 aliphatic carbocycles. The maximum atomic E-state index is 12.6. The van der Waals surface area contributed by atoms with Crippen LogP contribution in [0.3, 0.4) is 0 Å². The highest BCUT2D eigenvalue weighted by molar-refractivity contribution is 7.88. The van der Waals surface area contributed by atoms with Gasteiger partial charge in [0.2, 0.25) is 10.0 Å². The molecule has 154 valence electrons. The molecule has 0 aromatic heterocycles. The number of carbonyl (C=O) groups is 2. The van der Waals surface area contributed by atoms with Crippen LogP contribution in [-0.2, 0) is 15.8 Å². The van der Waals surface area contributed by atoms with Gasteiger partial charge in [-0.05, 0) is 43.8 Å². The van der Waals surface area contributed by atoms with Gasteiger partial charge in [0.1, 0.15) is 0 Å². The molecular formula is C21H25N3O4S. The van der Waals surface area contributed by atoms with Crippen LogP contribution >= 0.6 is 0 Å². The Morgan fingerprint density at radius 2 is 1.62 bits per heavy atom. The minimum Gasteiger partial charge on any atom is -0.322 e. The smallest absolute Gasteiger partial charge is 0.255 e. The lowest BCUT2D eigenvalue weighted by molar-refractivity contribution is 0.101. The molecule has 0 atom stereocenters. The lowest BCUT2D eigenvalue weighted by Crippen LogP contribution is -2.47. The van der Waals surface area contributed by atoms with E-state index >= 15 is 0 Å². The molecule has 1 heterocycles. The second kappa shape index (κ2) is 8.86. The molecule has 7 nitrogen and oxygen atoms in total. The summed E-state index contributed by atoms with van der Waals surface area (Å²) in [7, 11) is -1.40. The van der Waals surface area contributed by atoms with Crippen molar-refractivity contribution in [3.63, 3.8) is 0 Å². The Morgan fingerprint density at radius 1 is 0.966 bits per heavy atom. The van der Waals surface area contributed by atoms with E-state index in [-0.39, 0.29) is 17.4 Å². The predicted octanol–water partition coefficient (Wildman–Crippen LogP) is 2.22. The molecule has 1 N–H and O–H groups in total. The largest absolute Gasteiger partial charge is 0.322 e. The van der Waals surface area contributed by atoms with Crippen LogP contribution < -0.4 is 5.32 Å². The molecule has 1 aliphatic heterocycles. The number of benzene rings is 2. The third-order valence-electron chi connectivity index (χ3n) is 4.95. The number of carbonyl (C=O) groups excluding carboxylic acids is 2. The fourth-order valence-corrected chi connectivity index (χ4v) is 4.66. The van der Waals surface area contributed by atoms with Gasteiger partial charge < -0.3 is 10.2 Å². The summed E-state index contributed by atoms with van der Waals surface area (Å²) in [4.78, 5) is 26.0. The van der Waals surface area contributed by atoms with E-state index in [1.54, 1.807) is 48.5 Å². The maximum absolute atomic E-state index is 12.6. The highest BCUT2D eigenvalue weighted by Gasteiger charge is 2.25. The number of amides is 1. The second-order valence-electron chi connectivity index (χ2n) is 7.25. The zero-order valence-electron chi connectivity index (χ0n) is 16.6. The third-order valence-corrected chi connectivity index (χ3v) is 6.80. The van der Waals surface area contributed by atoms with E-state index in [0.29, 0.717) is 35.5 Å². The number of Topliss-reactive ketones (excluding diaryl/α,β-unsaturated/α-hetero) is 1. The number of hydrogen-bond acceptors (Lipinski definition) is 5. The molecule has 0 radical (unpaired) electrons. The van der Waals surface area contributed by atoms with Crippen LogP contribution in [0, 0.1) is 0 Å². The molecule has 0 unspecified atom stereocenters. The van der Waals surface area contributed by atoms with E-state index < -0.39 is 10.0 Å². The van der Waals surface area contributed by atoms with Gasteiger partial charge in [-0.25, -0.2) is 8.42 Å². The van der Waals surface area contributed by atoms with Crippen molar-refractivity contribution >= 4 is 27.4 Å². The molecule has 2 aromatic rings. The lowest BCUT2D eigenvalue weighted by atomic mass is 10.1. The zero-order chi connectivity index (χ0) is 21.0. The number of nitrogens with zero attached hydrogens (tertiary/aromatic N) is 2. The molecule has 0 bridgehead atoms. The number of likely N-dealkylation sites (N-methyl/N-ethyl adjacent to an activating group) is 1. The van der Waals surface area contributed by atoms with Gasteiger partial charge >= 0.3 is 0 Å². The summed E-state index contributed by atoms with van der Waals surface area (Å²) in [5.41, 5.74) is 2.11. The molecule has 1 aliphatic rings. The SMILES string of the molecule is CC(=O)c1cccc(NC(=O)c2ccc(CS(=O)(=O)N3CCN(C)CC3)cc2)c1. The molecular weight excluding hydrogens is 390 g/mol. The van der Waals surface area contributed by atoms with Crippen molar-refractivity contribution in [1.29, 1.82) is 0 Å². The van der Waals surface area contributed by atoms with Crippen molar-refractivity contribution in [2.45, 2.75) is 12.7 Å². The maximum Gasteiger partial charge on any atom is 0.255 e. The van der Waals surface area contributed by atoms with Crippen LogP contribution in [0.5, 0.6) is 0 Å². The van der Waals surface area contributed by atoms with Gasteiger partial charge in [0.25, 0.3) is 5.91 Å². The Labute approximate surface area is 171 Å². The van der Waals surface area contributed by atoms with E-state index in [1.807, 2.05) is 7.05 Å². The molecule has 1 fully saturated rings. The summed E-state index contributed by atoms with van der Waals surface area (Å²) >= 11 is 0. The zero-order valence-corrected chi connectivity index (χ0v) is 17.4. The van der Waals surface area contributed by atoms with E-state index in [4.69, 9.17) is 0 Å². The second-order valence-corrected chi connectivity index (χ2v) is 9.22. The van der Waals surface area contributed by atoms with Gasteiger partial charge in [-0.1, -0.05) is 24.3 Å². The Bertz CT molecular complexity index is 995. The van der Waals surface area contributed by atoms with Crippen molar-refractivity contribution in [3.05, 3.63) is 65.2 Å². The molecule has 29 heavy (non-hydrogen) atoms. The van der Waals surface area contributed by atoms with Crippen LogP contribution in [0.15, 0.2) is 48.5 Å². The van der Waals surface area contributed by atoms with E-state index in [1.165, 1.54) is 11.2 Å². The lowest BCUT2D eigenvalue weighted by Gasteiger charge is -2.31. The standard InChI is InChI=1S/C21H25N3O4S/c1-16(25)19-4-3-5-20(14-19)22-21(26)18-8-6-17(7-9-18)15-29(27,28)24-12-10-23(2)11-13-24/h3-9,14H,10-13,15H2,1-2H3,(H,22,26). The minimum absolute atomic E-state index is 0.0768. The summed E-state index contributed by atoms with van der Waals surface area (Å²) in [5.74, 6) is -0.481. The summed E-state index contributed by atoms with van der Waals surface area (Å²) in [6, 6.07) is 13.3. The van der Waals surface area contributed by atoms with Gasteiger partial charge in [0.15, 0.2) is 5.78 Å². The normalized spacial score (nSPS) is 15.8. The van der Waals surface area contributed by atoms with Crippen molar-refractivity contribution in [2.24, 2.45) is 0 Å². The molecule has 3 rings (SSSR count). The summed E-state index contributed by atoms with van der Waals surface area (Å²) in [6.45, 7) is 3.92. The molecule has 2 aromatic carbocycles. The average molecular weight is 416 g/mol. The van der Waals surface area contributed by atoms with Crippen molar-refractivity contribution in [1.82, 2.24) is 9.21 Å². The van der Waals surface area contributed by atoms with Crippen LogP contribution in [-0.4, -0.2) is 62.5 Å². The highest BCUT2D eigenvalue weighted by atomic mass is 32.2. The van der Waals surface area contributed by atoms with E-state index in [2.05, 4.69) is 10.2 Å². The quantitative estimate of drug-likeness (QED) is 0.731. The fourth-order valence-electron chi connectivity index (χ4n) is 3.14. The van der Waals surface area contributed by atoms with E-state index in [9.17, 15) is 18.0 Å². The summed E-state index contributed by atoms with van der Waals surface area (Å²) in [5, 5.41) is 2.75. The number of rotatable bonds is 6.